The summed E-state index contributed by atoms with van der Waals surface area (Å²) < 4.78 is 0. The number of hydrogen-bond donors (Lipinski definition) is 2. The molecule has 4 nitrogen and oxygen atoms in total. The van der Waals surface area contributed by atoms with Gasteiger partial charge in [-0.25, -0.2) is 0 Å². The fourth-order valence-corrected chi connectivity index (χ4v) is 2.15. The van der Waals surface area contributed by atoms with Crippen LogP contribution in [0.15, 0.2) is 0 Å². The van der Waals surface area contributed by atoms with Gasteiger partial charge in [0, 0.05) is 38.1 Å². The Morgan fingerprint density at radius 2 is 1.53 bits per heavy atom. The molecule has 0 bridgehead atoms. The predicted molar refractivity (Wildman–Crippen MR) is 71.5 cm³/mol. The first-order chi connectivity index (χ1) is 7.59. The highest BCUT2D eigenvalue weighted by molar-refractivity contribution is 5.84. The summed E-state index contributed by atoms with van der Waals surface area (Å²) in [4.78, 5) is 4.42. The fraction of sp³-hybridized carbons (Fsp3) is 0.923. The van der Waals surface area contributed by atoms with Crippen molar-refractivity contribution in [1.82, 2.24) is 9.80 Å². The maximum atomic E-state index is 9.78. The Kier molecular flexibility index (Phi) is 4.20. The molecular weight excluding hydrogens is 214 g/mol. The lowest BCUT2D eigenvalue weighted by Crippen LogP contribution is -2.53. The van der Waals surface area contributed by atoms with Gasteiger partial charge in [-0.15, -0.1) is 0 Å². The molecule has 0 spiro atoms. The van der Waals surface area contributed by atoms with E-state index in [0.29, 0.717) is 6.54 Å². The summed E-state index contributed by atoms with van der Waals surface area (Å²) in [5.41, 5.74) is -0.696. The van der Waals surface area contributed by atoms with Crippen LogP contribution >= 0.6 is 0 Å². The van der Waals surface area contributed by atoms with Gasteiger partial charge < -0.3 is 10.0 Å². The van der Waals surface area contributed by atoms with Gasteiger partial charge in [0.1, 0.15) is 5.84 Å². The van der Waals surface area contributed by atoms with E-state index in [-0.39, 0.29) is 5.41 Å². The number of hydrogen-bond acceptors (Lipinski definition) is 3. The molecule has 1 saturated heterocycles. The van der Waals surface area contributed by atoms with Crippen molar-refractivity contribution in [3.63, 3.8) is 0 Å². The van der Waals surface area contributed by atoms with Gasteiger partial charge in [-0.1, -0.05) is 20.8 Å². The van der Waals surface area contributed by atoms with E-state index in [1.165, 1.54) is 0 Å². The van der Waals surface area contributed by atoms with Crippen molar-refractivity contribution < 1.29 is 5.11 Å². The minimum Gasteiger partial charge on any atom is -0.389 e. The van der Waals surface area contributed by atoms with Gasteiger partial charge in [-0.2, -0.15) is 0 Å². The summed E-state index contributed by atoms with van der Waals surface area (Å²) in [7, 11) is 0. The van der Waals surface area contributed by atoms with Crippen LogP contribution in [-0.2, 0) is 0 Å². The molecule has 0 aliphatic carbocycles. The Balaban J connectivity index is 2.44. The first kappa shape index (κ1) is 14.5. The van der Waals surface area contributed by atoms with E-state index in [4.69, 9.17) is 5.41 Å². The number of piperazine rings is 1. The smallest absolute Gasteiger partial charge is 0.101 e. The van der Waals surface area contributed by atoms with Crippen LogP contribution in [0.1, 0.15) is 34.6 Å². The minimum absolute atomic E-state index is 0.0710. The fourth-order valence-electron chi connectivity index (χ4n) is 2.15. The molecule has 0 unspecified atom stereocenters. The molecule has 0 amide bonds. The normalized spacial score (nSPS) is 19.5. The molecule has 100 valence electrons. The van der Waals surface area contributed by atoms with Crippen LogP contribution in [0.3, 0.4) is 0 Å². The molecule has 0 aromatic heterocycles. The first-order valence-electron chi connectivity index (χ1n) is 6.38. The molecule has 17 heavy (non-hydrogen) atoms. The lowest BCUT2D eigenvalue weighted by Gasteiger charge is -2.41. The molecule has 1 fully saturated rings. The SMILES string of the molecule is CC(C)(O)CN1CCN(C(=N)C(C)(C)C)CC1. The maximum Gasteiger partial charge on any atom is 0.101 e. The Bertz CT molecular complexity index is 267. The highest BCUT2D eigenvalue weighted by atomic mass is 16.3. The highest BCUT2D eigenvalue weighted by Crippen LogP contribution is 2.19. The molecule has 0 radical (unpaired) electrons. The number of amidine groups is 1. The van der Waals surface area contributed by atoms with E-state index >= 15 is 0 Å². The Morgan fingerprint density at radius 1 is 1.06 bits per heavy atom. The average Bonchev–Trinajstić information content (AvgIpc) is 2.14. The van der Waals surface area contributed by atoms with E-state index in [2.05, 4.69) is 30.6 Å². The largest absolute Gasteiger partial charge is 0.389 e. The molecule has 0 aromatic carbocycles. The molecule has 1 aliphatic heterocycles. The number of β-amino-alcohol motifs (C(OH)–C–C–N with tert-alkyl or cyclic N) is 1. The van der Waals surface area contributed by atoms with Crippen molar-refractivity contribution in [2.75, 3.05) is 32.7 Å². The third-order valence-corrected chi connectivity index (χ3v) is 3.01. The van der Waals surface area contributed by atoms with Crippen LogP contribution in [0, 0.1) is 10.8 Å². The highest BCUT2D eigenvalue weighted by Gasteiger charge is 2.28. The monoisotopic (exact) mass is 241 g/mol. The van der Waals surface area contributed by atoms with Gasteiger partial charge in [-0.05, 0) is 13.8 Å². The summed E-state index contributed by atoms with van der Waals surface area (Å²) in [5.74, 6) is 0.723. The second kappa shape index (κ2) is 4.94. The van der Waals surface area contributed by atoms with Gasteiger partial charge in [0.2, 0.25) is 0 Å². The number of nitrogens with zero attached hydrogens (tertiary/aromatic N) is 2. The molecule has 2 N–H and O–H groups in total. The standard InChI is InChI=1S/C13H27N3O/c1-12(2,3)11(14)16-8-6-15(7-9-16)10-13(4,5)17/h14,17H,6-10H2,1-5H3. The molecule has 1 heterocycles. The van der Waals surface area contributed by atoms with Crippen molar-refractivity contribution >= 4 is 5.84 Å². The van der Waals surface area contributed by atoms with Crippen LogP contribution in [0.25, 0.3) is 0 Å². The quantitative estimate of drug-likeness (QED) is 0.567. The van der Waals surface area contributed by atoms with Gasteiger partial charge in [0.15, 0.2) is 0 Å². The predicted octanol–water partition coefficient (Wildman–Crippen LogP) is 1.40. The van der Waals surface area contributed by atoms with Gasteiger partial charge >= 0.3 is 0 Å². The summed E-state index contributed by atoms with van der Waals surface area (Å²) in [6.07, 6.45) is 0. The van der Waals surface area contributed by atoms with Gasteiger partial charge in [0.25, 0.3) is 0 Å². The van der Waals surface area contributed by atoms with E-state index < -0.39 is 5.60 Å². The minimum atomic E-state index is -0.625. The Labute approximate surface area is 105 Å². The molecule has 0 atom stereocenters. The number of rotatable bonds is 2. The molecule has 1 rings (SSSR count). The lowest BCUT2D eigenvalue weighted by molar-refractivity contribution is 0.0244. The zero-order chi connectivity index (χ0) is 13.3. The zero-order valence-electron chi connectivity index (χ0n) is 11.9. The van der Waals surface area contributed by atoms with Crippen LogP contribution in [0.4, 0.5) is 0 Å². The number of aliphatic hydroxyl groups is 1. The van der Waals surface area contributed by atoms with Crippen molar-refractivity contribution in [2.24, 2.45) is 5.41 Å². The van der Waals surface area contributed by atoms with Crippen molar-refractivity contribution in [1.29, 1.82) is 5.41 Å². The summed E-state index contributed by atoms with van der Waals surface area (Å²) in [6, 6.07) is 0. The second-order valence-corrected chi connectivity index (χ2v) is 6.67. The van der Waals surface area contributed by atoms with Crippen molar-refractivity contribution in [3.05, 3.63) is 0 Å². The van der Waals surface area contributed by atoms with Crippen LogP contribution in [0.2, 0.25) is 0 Å². The molecular formula is C13H27N3O. The first-order valence-corrected chi connectivity index (χ1v) is 6.38. The third kappa shape index (κ3) is 4.64. The van der Waals surface area contributed by atoms with Crippen LogP contribution in [-0.4, -0.2) is 59.1 Å². The zero-order valence-corrected chi connectivity index (χ0v) is 11.9. The van der Waals surface area contributed by atoms with E-state index in [9.17, 15) is 5.11 Å². The van der Waals surface area contributed by atoms with E-state index in [0.717, 1.165) is 32.0 Å². The molecule has 0 saturated carbocycles. The maximum absolute atomic E-state index is 9.78. The Hall–Kier alpha value is -0.610. The van der Waals surface area contributed by atoms with Gasteiger partial charge in [-0.3, -0.25) is 10.3 Å². The summed E-state index contributed by atoms with van der Waals surface area (Å²) in [5, 5.41) is 17.9. The Morgan fingerprint density at radius 3 is 1.88 bits per heavy atom. The summed E-state index contributed by atoms with van der Waals surface area (Å²) in [6.45, 7) is 14.3. The van der Waals surface area contributed by atoms with E-state index in [1.54, 1.807) is 0 Å². The average molecular weight is 241 g/mol. The molecule has 4 heteroatoms. The second-order valence-electron chi connectivity index (χ2n) is 6.67. The van der Waals surface area contributed by atoms with Crippen molar-refractivity contribution in [3.8, 4) is 0 Å². The van der Waals surface area contributed by atoms with Crippen LogP contribution in [0.5, 0.6) is 0 Å². The molecule has 0 aromatic rings. The summed E-state index contributed by atoms with van der Waals surface area (Å²) >= 11 is 0. The van der Waals surface area contributed by atoms with Crippen LogP contribution < -0.4 is 0 Å². The van der Waals surface area contributed by atoms with Crippen molar-refractivity contribution in [2.45, 2.75) is 40.2 Å². The molecule has 1 aliphatic rings. The lowest BCUT2D eigenvalue weighted by atomic mass is 9.93. The third-order valence-electron chi connectivity index (χ3n) is 3.01. The van der Waals surface area contributed by atoms with E-state index in [1.807, 2.05) is 13.8 Å². The number of nitrogens with one attached hydrogen (secondary N) is 1. The van der Waals surface area contributed by atoms with Gasteiger partial charge in [0.05, 0.1) is 5.60 Å². The topological polar surface area (TPSA) is 50.6 Å².